The van der Waals surface area contributed by atoms with E-state index in [4.69, 9.17) is 0 Å². The Hall–Kier alpha value is -2.09. The first-order valence-corrected chi connectivity index (χ1v) is 6.21. The van der Waals surface area contributed by atoms with E-state index in [2.05, 4.69) is 31.2 Å². The zero-order valence-electron chi connectivity index (χ0n) is 10.4. The molecule has 2 aromatic carbocycles. The van der Waals surface area contributed by atoms with Crippen LogP contribution in [0, 0.1) is 6.92 Å². The molecule has 3 rings (SSSR count). The minimum atomic E-state index is 0.919. The number of aryl methyl sites for hydroxylation is 3. The summed E-state index contributed by atoms with van der Waals surface area (Å²) in [6.45, 7) is 2.06. The van der Waals surface area contributed by atoms with Gasteiger partial charge >= 0.3 is 0 Å². The van der Waals surface area contributed by atoms with Gasteiger partial charge in [0.1, 0.15) is 0 Å². The predicted octanol–water partition coefficient (Wildman–Crippen LogP) is 3.39. The van der Waals surface area contributed by atoms with E-state index in [-0.39, 0.29) is 0 Å². The molecule has 0 bridgehead atoms. The third-order valence-corrected chi connectivity index (χ3v) is 3.52. The molecule has 0 N–H and O–H groups in total. The summed E-state index contributed by atoms with van der Waals surface area (Å²) >= 11 is 0. The molecule has 0 unspecified atom stereocenters. The average molecular weight is 237 g/mol. The normalized spacial score (nSPS) is 13.5. The van der Waals surface area contributed by atoms with E-state index in [1.807, 2.05) is 18.2 Å². The van der Waals surface area contributed by atoms with Crippen molar-refractivity contribution < 1.29 is 4.79 Å². The van der Waals surface area contributed by atoms with Crippen molar-refractivity contribution in [1.82, 2.24) is 0 Å². The van der Waals surface area contributed by atoms with Gasteiger partial charge in [0.25, 0.3) is 0 Å². The molecule has 0 radical (unpaired) electrons. The van der Waals surface area contributed by atoms with Crippen molar-refractivity contribution in [2.75, 3.05) is 4.90 Å². The van der Waals surface area contributed by atoms with E-state index in [0.717, 1.165) is 30.6 Å². The smallest absolute Gasteiger partial charge is 0.218 e. The molecule has 0 saturated carbocycles. The minimum absolute atomic E-state index is 0.919. The van der Waals surface area contributed by atoms with Crippen LogP contribution in [0.1, 0.15) is 16.7 Å². The monoisotopic (exact) mass is 237 g/mol. The highest BCUT2D eigenvalue weighted by molar-refractivity contribution is 5.89. The fourth-order valence-corrected chi connectivity index (χ4v) is 2.58. The molecule has 2 heteroatoms. The van der Waals surface area contributed by atoms with Gasteiger partial charge in [0, 0.05) is 0 Å². The number of rotatable bonds is 1. The lowest BCUT2D eigenvalue weighted by Crippen LogP contribution is -2.15. The van der Waals surface area contributed by atoms with E-state index in [1.54, 1.807) is 4.90 Å². The van der Waals surface area contributed by atoms with Crippen molar-refractivity contribution in [2.24, 2.45) is 0 Å². The Bertz CT molecular complexity index is 604. The summed E-state index contributed by atoms with van der Waals surface area (Å²) in [6.07, 6.45) is 2.88. The van der Waals surface area contributed by atoms with Gasteiger partial charge in [-0.05, 0) is 48.6 Å². The summed E-state index contributed by atoms with van der Waals surface area (Å²) in [4.78, 5) is 13.2. The predicted molar refractivity (Wildman–Crippen MR) is 73.2 cm³/mol. The fraction of sp³-hybridized carbons (Fsp3) is 0.188. The van der Waals surface area contributed by atoms with Gasteiger partial charge in [0.05, 0.1) is 11.4 Å². The van der Waals surface area contributed by atoms with Crippen LogP contribution < -0.4 is 4.90 Å². The molecule has 0 aliphatic carbocycles. The summed E-state index contributed by atoms with van der Waals surface area (Å²) in [5.74, 6) is 0. The van der Waals surface area contributed by atoms with Crippen molar-refractivity contribution in [3.63, 3.8) is 0 Å². The third kappa shape index (κ3) is 1.70. The Morgan fingerprint density at radius 1 is 1.00 bits per heavy atom. The van der Waals surface area contributed by atoms with Crippen LogP contribution in [-0.4, -0.2) is 6.41 Å². The lowest BCUT2D eigenvalue weighted by atomic mass is 10.0. The number of hydrogen-bond donors (Lipinski definition) is 0. The molecule has 0 atom stereocenters. The van der Waals surface area contributed by atoms with Gasteiger partial charge in [0.15, 0.2) is 0 Å². The van der Waals surface area contributed by atoms with Crippen molar-refractivity contribution in [3.8, 4) is 0 Å². The molecular formula is C16H15NO. The Balaban J connectivity index is 2.23. The van der Waals surface area contributed by atoms with E-state index in [0.29, 0.717) is 0 Å². The lowest BCUT2D eigenvalue weighted by molar-refractivity contribution is -0.106. The zero-order chi connectivity index (χ0) is 12.5. The number of fused-ring (bicyclic) bond motifs is 2. The maximum Gasteiger partial charge on any atom is 0.218 e. The number of carbonyl (C=O) groups is 1. The molecular weight excluding hydrogens is 222 g/mol. The molecule has 0 saturated heterocycles. The summed E-state index contributed by atoms with van der Waals surface area (Å²) < 4.78 is 0. The molecule has 0 spiro atoms. The minimum Gasteiger partial charge on any atom is -0.283 e. The largest absolute Gasteiger partial charge is 0.283 e. The first-order valence-electron chi connectivity index (χ1n) is 6.21. The summed E-state index contributed by atoms with van der Waals surface area (Å²) in [5, 5.41) is 0. The summed E-state index contributed by atoms with van der Waals surface area (Å²) in [6, 6.07) is 14.5. The van der Waals surface area contributed by atoms with E-state index in [1.165, 1.54) is 16.7 Å². The highest BCUT2D eigenvalue weighted by atomic mass is 16.1. The van der Waals surface area contributed by atoms with Gasteiger partial charge in [-0.1, -0.05) is 30.3 Å². The summed E-state index contributed by atoms with van der Waals surface area (Å²) in [7, 11) is 0. The topological polar surface area (TPSA) is 20.3 Å². The fourth-order valence-electron chi connectivity index (χ4n) is 2.58. The van der Waals surface area contributed by atoms with Gasteiger partial charge in [-0.2, -0.15) is 0 Å². The lowest BCUT2D eigenvalue weighted by Gasteiger charge is -2.20. The average Bonchev–Trinajstić information content (AvgIpc) is 2.54. The number of para-hydroxylation sites is 1. The second-order valence-corrected chi connectivity index (χ2v) is 4.74. The quantitative estimate of drug-likeness (QED) is 0.696. The van der Waals surface area contributed by atoms with E-state index >= 15 is 0 Å². The molecule has 0 fully saturated rings. The standard InChI is InChI=1S/C16H15NO/c1-12-6-7-14-9-8-13-4-2-3-5-15(13)17(11-18)16(14)10-12/h2-7,10-11H,8-9H2,1H3. The number of amides is 1. The molecule has 2 nitrogen and oxygen atoms in total. The molecule has 1 aliphatic rings. The van der Waals surface area contributed by atoms with Crippen molar-refractivity contribution in [1.29, 1.82) is 0 Å². The maximum absolute atomic E-state index is 11.5. The van der Waals surface area contributed by atoms with Crippen LogP contribution in [0.25, 0.3) is 0 Å². The van der Waals surface area contributed by atoms with Gasteiger partial charge in [-0.15, -0.1) is 0 Å². The highest BCUT2D eigenvalue weighted by Crippen LogP contribution is 2.35. The van der Waals surface area contributed by atoms with Gasteiger partial charge in [0.2, 0.25) is 6.41 Å². The number of benzene rings is 2. The van der Waals surface area contributed by atoms with Crippen LogP contribution in [0.4, 0.5) is 11.4 Å². The van der Waals surface area contributed by atoms with Crippen molar-refractivity contribution in [2.45, 2.75) is 19.8 Å². The Morgan fingerprint density at radius 3 is 2.50 bits per heavy atom. The number of carbonyl (C=O) groups excluding carboxylic acids is 1. The Morgan fingerprint density at radius 2 is 1.72 bits per heavy atom. The third-order valence-electron chi connectivity index (χ3n) is 3.52. The zero-order valence-corrected chi connectivity index (χ0v) is 10.4. The maximum atomic E-state index is 11.5. The van der Waals surface area contributed by atoms with Crippen LogP contribution >= 0.6 is 0 Å². The molecule has 18 heavy (non-hydrogen) atoms. The van der Waals surface area contributed by atoms with Crippen LogP contribution in [0.5, 0.6) is 0 Å². The molecule has 90 valence electrons. The van der Waals surface area contributed by atoms with Gasteiger partial charge < -0.3 is 0 Å². The van der Waals surface area contributed by atoms with Crippen molar-refractivity contribution in [3.05, 3.63) is 59.2 Å². The summed E-state index contributed by atoms with van der Waals surface area (Å²) in [5.41, 5.74) is 5.69. The van der Waals surface area contributed by atoms with Crippen LogP contribution in [0.15, 0.2) is 42.5 Å². The second kappa shape index (κ2) is 4.30. The Labute approximate surface area is 107 Å². The Kier molecular flexibility index (Phi) is 2.63. The second-order valence-electron chi connectivity index (χ2n) is 4.74. The van der Waals surface area contributed by atoms with Gasteiger partial charge in [-0.3, -0.25) is 9.69 Å². The first kappa shape index (κ1) is 11.0. The molecule has 1 heterocycles. The van der Waals surface area contributed by atoms with Crippen molar-refractivity contribution >= 4 is 17.8 Å². The highest BCUT2D eigenvalue weighted by Gasteiger charge is 2.19. The molecule has 1 aliphatic heterocycles. The van der Waals surface area contributed by atoms with E-state index in [9.17, 15) is 4.79 Å². The van der Waals surface area contributed by atoms with Gasteiger partial charge in [-0.25, -0.2) is 0 Å². The molecule has 1 amide bonds. The molecule has 0 aromatic heterocycles. The van der Waals surface area contributed by atoms with Crippen LogP contribution in [-0.2, 0) is 17.6 Å². The van der Waals surface area contributed by atoms with E-state index < -0.39 is 0 Å². The number of anilines is 2. The van der Waals surface area contributed by atoms with Crippen LogP contribution in [0.3, 0.4) is 0 Å². The first-order chi connectivity index (χ1) is 8.79. The molecule has 2 aromatic rings. The van der Waals surface area contributed by atoms with Crippen LogP contribution in [0.2, 0.25) is 0 Å². The number of nitrogens with zero attached hydrogens (tertiary/aromatic N) is 1. The number of hydrogen-bond acceptors (Lipinski definition) is 1. The SMILES string of the molecule is Cc1ccc2c(c1)N(C=O)c1ccccc1CC2.